The van der Waals surface area contributed by atoms with Crippen LogP contribution in [-0.2, 0) is 13.1 Å². The van der Waals surface area contributed by atoms with Gasteiger partial charge in [0.2, 0.25) is 0 Å². The van der Waals surface area contributed by atoms with Gasteiger partial charge in [0, 0.05) is 19.6 Å². The number of piperidine rings is 1. The van der Waals surface area contributed by atoms with E-state index in [-0.39, 0.29) is 0 Å². The SMILES string of the molecule is c1ccc(Cn2c(CNCCN3CCCCC3)nc3ccccc32)cc1. The van der Waals surface area contributed by atoms with Crippen molar-refractivity contribution < 1.29 is 0 Å². The van der Waals surface area contributed by atoms with E-state index in [9.17, 15) is 0 Å². The Morgan fingerprint density at radius 1 is 0.885 bits per heavy atom. The fraction of sp³-hybridized carbons (Fsp3) is 0.409. The molecule has 2 aromatic carbocycles. The molecular weight excluding hydrogens is 320 g/mol. The Morgan fingerprint density at radius 2 is 1.65 bits per heavy atom. The van der Waals surface area contributed by atoms with Crippen molar-refractivity contribution in [3.8, 4) is 0 Å². The molecule has 0 spiro atoms. The lowest BCUT2D eigenvalue weighted by Gasteiger charge is -2.26. The molecule has 4 heteroatoms. The number of fused-ring (bicyclic) bond motifs is 1. The lowest BCUT2D eigenvalue weighted by molar-refractivity contribution is 0.228. The second-order valence-corrected chi connectivity index (χ2v) is 7.17. The van der Waals surface area contributed by atoms with E-state index in [0.29, 0.717) is 0 Å². The normalized spacial score (nSPS) is 15.5. The molecule has 1 fully saturated rings. The summed E-state index contributed by atoms with van der Waals surface area (Å²) in [5.41, 5.74) is 3.60. The number of benzene rings is 2. The molecule has 0 aliphatic carbocycles. The first kappa shape index (κ1) is 17.3. The van der Waals surface area contributed by atoms with Crippen LogP contribution in [0, 0.1) is 0 Å². The molecule has 136 valence electrons. The Bertz CT molecular complexity index is 819. The third-order valence-corrected chi connectivity index (χ3v) is 5.25. The van der Waals surface area contributed by atoms with Crippen LogP contribution in [0.1, 0.15) is 30.7 Å². The average molecular weight is 348 g/mol. The first-order valence-corrected chi connectivity index (χ1v) is 9.81. The predicted molar refractivity (Wildman–Crippen MR) is 107 cm³/mol. The predicted octanol–water partition coefficient (Wildman–Crippen LogP) is 3.66. The van der Waals surface area contributed by atoms with Gasteiger partial charge in [-0.3, -0.25) is 0 Å². The number of nitrogens with one attached hydrogen (secondary N) is 1. The topological polar surface area (TPSA) is 33.1 Å². The van der Waals surface area contributed by atoms with E-state index >= 15 is 0 Å². The largest absolute Gasteiger partial charge is 0.322 e. The van der Waals surface area contributed by atoms with E-state index < -0.39 is 0 Å². The molecule has 4 rings (SSSR count). The van der Waals surface area contributed by atoms with Crippen molar-refractivity contribution >= 4 is 11.0 Å². The van der Waals surface area contributed by atoms with Crippen molar-refractivity contribution in [3.05, 3.63) is 66.0 Å². The second kappa shape index (κ2) is 8.47. The zero-order chi connectivity index (χ0) is 17.6. The number of aromatic nitrogens is 2. The molecule has 1 N–H and O–H groups in total. The molecule has 1 aliphatic heterocycles. The molecule has 0 atom stereocenters. The van der Waals surface area contributed by atoms with E-state index in [4.69, 9.17) is 4.98 Å². The van der Waals surface area contributed by atoms with Crippen LogP contribution in [-0.4, -0.2) is 40.6 Å². The van der Waals surface area contributed by atoms with Gasteiger partial charge in [-0.25, -0.2) is 4.98 Å². The van der Waals surface area contributed by atoms with Crippen molar-refractivity contribution in [1.82, 2.24) is 19.8 Å². The maximum absolute atomic E-state index is 4.88. The maximum Gasteiger partial charge on any atom is 0.124 e. The van der Waals surface area contributed by atoms with Crippen LogP contribution in [0.4, 0.5) is 0 Å². The van der Waals surface area contributed by atoms with E-state index in [2.05, 4.69) is 69.4 Å². The van der Waals surface area contributed by atoms with Gasteiger partial charge in [-0.15, -0.1) is 0 Å². The van der Waals surface area contributed by atoms with Gasteiger partial charge < -0.3 is 14.8 Å². The number of para-hydroxylation sites is 2. The highest BCUT2D eigenvalue weighted by Crippen LogP contribution is 2.18. The van der Waals surface area contributed by atoms with Gasteiger partial charge in [-0.05, 0) is 43.6 Å². The van der Waals surface area contributed by atoms with Crippen molar-refractivity contribution in [2.75, 3.05) is 26.2 Å². The minimum absolute atomic E-state index is 0.815. The van der Waals surface area contributed by atoms with Gasteiger partial charge in [0.25, 0.3) is 0 Å². The molecule has 0 amide bonds. The first-order valence-electron chi connectivity index (χ1n) is 9.81. The van der Waals surface area contributed by atoms with E-state index in [0.717, 1.165) is 37.5 Å². The lowest BCUT2D eigenvalue weighted by Crippen LogP contribution is -2.35. The second-order valence-electron chi connectivity index (χ2n) is 7.17. The molecule has 0 radical (unpaired) electrons. The summed E-state index contributed by atoms with van der Waals surface area (Å²) in [5, 5.41) is 3.61. The number of likely N-dealkylation sites (tertiary alicyclic amines) is 1. The number of rotatable bonds is 7. The highest BCUT2D eigenvalue weighted by Gasteiger charge is 2.12. The Hall–Kier alpha value is -2.17. The molecule has 1 aromatic heterocycles. The highest BCUT2D eigenvalue weighted by molar-refractivity contribution is 5.76. The van der Waals surface area contributed by atoms with Gasteiger partial charge in [0.05, 0.1) is 17.6 Å². The summed E-state index contributed by atoms with van der Waals surface area (Å²) in [5.74, 6) is 1.12. The summed E-state index contributed by atoms with van der Waals surface area (Å²) >= 11 is 0. The maximum atomic E-state index is 4.88. The van der Waals surface area contributed by atoms with Gasteiger partial charge in [-0.1, -0.05) is 48.9 Å². The molecule has 1 saturated heterocycles. The van der Waals surface area contributed by atoms with Crippen LogP contribution in [0.2, 0.25) is 0 Å². The van der Waals surface area contributed by atoms with Crippen LogP contribution in [0.25, 0.3) is 11.0 Å². The van der Waals surface area contributed by atoms with E-state index in [1.54, 1.807) is 0 Å². The number of imidazole rings is 1. The van der Waals surface area contributed by atoms with E-state index in [1.165, 1.54) is 43.4 Å². The molecular formula is C22H28N4. The minimum atomic E-state index is 0.815. The number of nitrogens with zero attached hydrogens (tertiary/aromatic N) is 3. The highest BCUT2D eigenvalue weighted by atomic mass is 15.2. The van der Waals surface area contributed by atoms with Crippen LogP contribution in [0.15, 0.2) is 54.6 Å². The van der Waals surface area contributed by atoms with E-state index in [1.807, 2.05) is 0 Å². The van der Waals surface area contributed by atoms with Crippen molar-refractivity contribution in [1.29, 1.82) is 0 Å². The Balaban J connectivity index is 1.44. The van der Waals surface area contributed by atoms with Crippen molar-refractivity contribution in [3.63, 3.8) is 0 Å². The Morgan fingerprint density at radius 3 is 2.50 bits per heavy atom. The minimum Gasteiger partial charge on any atom is -0.322 e. The summed E-state index contributed by atoms with van der Waals surface area (Å²) in [4.78, 5) is 7.45. The molecule has 0 unspecified atom stereocenters. The van der Waals surface area contributed by atoms with Gasteiger partial charge in [0.15, 0.2) is 0 Å². The van der Waals surface area contributed by atoms with Crippen LogP contribution in [0.3, 0.4) is 0 Å². The number of hydrogen-bond donors (Lipinski definition) is 1. The fourth-order valence-electron chi connectivity index (χ4n) is 3.82. The molecule has 0 bridgehead atoms. The summed E-state index contributed by atoms with van der Waals surface area (Å²) < 4.78 is 2.35. The quantitative estimate of drug-likeness (QED) is 0.662. The van der Waals surface area contributed by atoms with Crippen molar-refractivity contribution in [2.45, 2.75) is 32.4 Å². The molecule has 26 heavy (non-hydrogen) atoms. The van der Waals surface area contributed by atoms with Gasteiger partial charge in [-0.2, -0.15) is 0 Å². The van der Waals surface area contributed by atoms with Crippen LogP contribution < -0.4 is 5.32 Å². The summed E-state index contributed by atoms with van der Waals surface area (Å²) in [6, 6.07) is 19.1. The third-order valence-electron chi connectivity index (χ3n) is 5.25. The zero-order valence-corrected chi connectivity index (χ0v) is 15.4. The lowest BCUT2D eigenvalue weighted by atomic mass is 10.1. The Kier molecular flexibility index (Phi) is 5.62. The Labute approximate surface area is 155 Å². The standard InChI is InChI=1S/C22H28N4/c1-3-9-19(10-4-1)18-26-21-12-6-5-11-20(21)24-22(26)17-23-13-16-25-14-7-2-8-15-25/h1,3-6,9-12,23H,2,7-8,13-18H2. The van der Waals surface area contributed by atoms with Crippen molar-refractivity contribution in [2.24, 2.45) is 0 Å². The van der Waals surface area contributed by atoms with Gasteiger partial charge >= 0.3 is 0 Å². The molecule has 4 nitrogen and oxygen atoms in total. The molecule has 0 saturated carbocycles. The van der Waals surface area contributed by atoms with Crippen LogP contribution in [0.5, 0.6) is 0 Å². The number of hydrogen-bond acceptors (Lipinski definition) is 3. The average Bonchev–Trinajstić information content (AvgIpc) is 3.04. The summed E-state index contributed by atoms with van der Waals surface area (Å²) in [7, 11) is 0. The summed E-state index contributed by atoms with van der Waals surface area (Å²) in [6.07, 6.45) is 4.10. The molecule has 2 heterocycles. The zero-order valence-electron chi connectivity index (χ0n) is 15.4. The monoisotopic (exact) mass is 348 g/mol. The van der Waals surface area contributed by atoms with Gasteiger partial charge in [0.1, 0.15) is 5.82 Å². The third kappa shape index (κ3) is 4.14. The summed E-state index contributed by atoms with van der Waals surface area (Å²) in [6.45, 7) is 6.36. The smallest absolute Gasteiger partial charge is 0.124 e. The molecule has 3 aromatic rings. The van der Waals surface area contributed by atoms with Crippen LogP contribution >= 0.6 is 0 Å². The fourth-order valence-corrected chi connectivity index (χ4v) is 3.82. The molecule has 1 aliphatic rings. The first-order chi connectivity index (χ1) is 12.9.